The largest absolute Gasteiger partial charge is 0.357 e. The number of hydrogen-bond acceptors (Lipinski definition) is 4. The third-order valence-corrected chi connectivity index (χ3v) is 3.18. The highest BCUT2D eigenvalue weighted by atomic mass is 32.3. The van der Waals surface area contributed by atoms with Crippen LogP contribution >= 0.6 is 10.8 Å². The van der Waals surface area contributed by atoms with E-state index < -0.39 is 10.8 Å². The van der Waals surface area contributed by atoms with Gasteiger partial charge >= 0.3 is 0 Å². The minimum Gasteiger partial charge on any atom is -0.357 e. The molecule has 0 aromatic carbocycles. The van der Waals surface area contributed by atoms with Gasteiger partial charge in [-0.1, -0.05) is 13.3 Å². The molecular weight excluding hydrogens is 204 g/mol. The van der Waals surface area contributed by atoms with Gasteiger partial charge in [0.15, 0.2) is 0 Å². The lowest BCUT2D eigenvalue weighted by Crippen LogP contribution is -2.34. The standard InChI is InChI=1S/C8H20N2O3S/c1-3-4-6-10(14(2,12)13)7-5-9-8-11/h8,12-13H,3-7H2,1-2H3,(H,9,11). The van der Waals surface area contributed by atoms with E-state index in [4.69, 9.17) is 0 Å². The fourth-order valence-electron chi connectivity index (χ4n) is 1.04. The second-order valence-electron chi connectivity index (χ2n) is 3.15. The van der Waals surface area contributed by atoms with Crippen molar-refractivity contribution in [3.05, 3.63) is 0 Å². The summed E-state index contributed by atoms with van der Waals surface area (Å²) in [5.41, 5.74) is 0. The highest BCUT2D eigenvalue weighted by Gasteiger charge is 2.15. The Bertz CT molecular complexity index is 161. The number of amides is 1. The maximum Gasteiger partial charge on any atom is 0.207 e. The Hall–Kier alpha value is -0.300. The summed E-state index contributed by atoms with van der Waals surface area (Å²) in [4.78, 5) is 10.0. The predicted octanol–water partition coefficient (Wildman–Crippen LogP) is 1.13. The molecule has 86 valence electrons. The zero-order valence-electron chi connectivity index (χ0n) is 8.77. The lowest BCUT2D eigenvalue weighted by atomic mass is 10.3. The van der Waals surface area contributed by atoms with Crippen molar-refractivity contribution in [3.8, 4) is 0 Å². The predicted molar refractivity (Wildman–Crippen MR) is 59.3 cm³/mol. The first-order valence-corrected chi connectivity index (χ1v) is 6.59. The molecule has 0 rings (SSSR count). The molecule has 0 heterocycles. The van der Waals surface area contributed by atoms with Gasteiger partial charge in [0, 0.05) is 25.9 Å². The lowest BCUT2D eigenvalue weighted by molar-refractivity contribution is -0.109. The van der Waals surface area contributed by atoms with Gasteiger partial charge in [0.2, 0.25) is 6.41 Å². The molecule has 14 heavy (non-hydrogen) atoms. The molecule has 6 heteroatoms. The monoisotopic (exact) mass is 224 g/mol. The van der Waals surface area contributed by atoms with E-state index in [-0.39, 0.29) is 0 Å². The maximum atomic E-state index is 10.0. The van der Waals surface area contributed by atoms with Crippen molar-refractivity contribution < 1.29 is 13.9 Å². The van der Waals surface area contributed by atoms with Crippen molar-refractivity contribution in [1.29, 1.82) is 0 Å². The summed E-state index contributed by atoms with van der Waals surface area (Å²) in [5.74, 6) is 0. The second-order valence-corrected chi connectivity index (χ2v) is 5.25. The van der Waals surface area contributed by atoms with Crippen LogP contribution < -0.4 is 5.32 Å². The molecule has 0 fully saturated rings. The fraction of sp³-hybridized carbons (Fsp3) is 0.875. The van der Waals surface area contributed by atoms with Crippen molar-refractivity contribution in [2.45, 2.75) is 19.8 Å². The number of rotatable bonds is 8. The molecule has 0 saturated carbocycles. The van der Waals surface area contributed by atoms with E-state index in [1.807, 2.05) is 6.92 Å². The molecular formula is C8H20N2O3S. The van der Waals surface area contributed by atoms with Crippen LogP contribution in [0.5, 0.6) is 0 Å². The molecule has 1 amide bonds. The molecule has 0 spiro atoms. The van der Waals surface area contributed by atoms with Crippen LogP contribution in [0.4, 0.5) is 0 Å². The molecule has 5 nitrogen and oxygen atoms in total. The minimum absolute atomic E-state index is 0.441. The summed E-state index contributed by atoms with van der Waals surface area (Å²) < 4.78 is 20.5. The van der Waals surface area contributed by atoms with Crippen molar-refractivity contribution in [3.63, 3.8) is 0 Å². The normalized spacial score (nSPS) is 12.9. The molecule has 0 aromatic rings. The number of carbonyl (C=O) groups excluding carboxylic acids is 1. The first-order valence-electron chi connectivity index (χ1n) is 4.67. The fourth-order valence-corrected chi connectivity index (χ4v) is 1.95. The molecule has 0 aliphatic heterocycles. The first-order chi connectivity index (χ1) is 6.52. The first kappa shape index (κ1) is 13.7. The van der Waals surface area contributed by atoms with Gasteiger partial charge in [-0.15, -0.1) is 10.8 Å². The molecule has 3 N–H and O–H groups in total. The molecule has 0 unspecified atom stereocenters. The Balaban J connectivity index is 3.91. The summed E-state index contributed by atoms with van der Waals surface area (Å²) in [6.07, 6.45) is 3.95. The van der Waals surface area contributed by atoms with Crippen LogP contribution in [0.2, 0.25) is 0 Å². The van der Waals surface area contributed by atoms with Gasteiger partial charge in [0.05, 0.1) is 0 Å². The zero-order chi connectivity index (χ0) is 11.0. The van der Waals surface area contributed by atoms with Crippen molar-refractivity contribution >= 4 is 17.2 Å². The topological polar surface area (TPSA) is 72.8 Å². The lowest BCUT2D eigenvalue weighted by Gasteiger charge is -2.39. The summed E-state index contributed by atoms with van der Waals surface area (Å²) in [6.45, 7) is 3.60. The SMILES string of the molecule is CCCCN(CCNC=O)S(C)(O)O. The Labute approximate surface area is 87.0 Å². The summed E-state index contributed by atoms with van der Waals surface area (Å²) in [5, 5.41) is 2.50. The van der Waals surface area contributed by atoms with E-state index in [1.165, 1.54) is 6.26 Å². The maximum absolute atomic E-state index is 10.0. The van der Waals surface area contributed by atoms with Crippen LogP contribution in [0.15, 0.2) is 0 Å². The van der Waals surface area contributed by atoms with Crippen LogP contribution in [0.1, 0.15) is 19.8 Å². The van der Waals surface area contributed by atoms with Gasteiger partial charge in [0.25, 0.3) is 0 Å². The Morgan fingerprint density at radius 3 is 2.50 bits per heavy atom. The molecule has 0 saturated heterocycles. The third kappa shape index (κ3) is 6.20. The summed E-state index contributed by atoms with van der Waals surface area (Å²) >= 11 is 0. The van der Waals surface area contributed by atoms with Gasteiger partial charge < -0.3 is 5.32 Å². The van der Waals surface area contributed by atoms with Gasteiger partial charge in [-0.05, 0) is 6.42 Å². The summed E-state index contributed by atoms with van der Waals surface area (Å²) in [7, 11) is -2.64. The number of hydrogen-bond donors (Lipinski definition) is 3. The molecule has 0 aliphatic carbocycles. The van der Waals surface area contributed by atoms with E-state index >= 15 is 0 Å². The number of carbonyl (C=O) groups is 1. The summed E-state index contributed by atoms with van der Waals surface area (Å²) in [6, 6.07) is 0. The molecule has 0 atom stereocenters. The van der Waals surface area contributed by atoms with E-state index in [0.29, 0.717) is 26.0 Å². The minimum atomic E-state index is -2.64. The van der Waals surface area contributed by atoms with Gasteiger partial charge in [-0.3, -0.25) is 13.9 Å². The highest BCUT2D eigenvalue weighted by Crippen LogP contribution is 2.38. The van der Waals surface area contributed by atoms with E-state index in [2.05, 4.69) is 5.32 Å². The van der Waals surface area contributed by atoms with Crippen LogP contribution in [-0.2, 0) is 4.79 Å². The zero-order valence-corrected chi connectivity index (χ0v) is 9.59. The van der Waals surface area contributed by atoms with Gasteiger partial charge in [-0.2, -0.15) is 0 Å². The van der Waals surface area contributed by atoms with Gasteiger partial charge in [-0.25, -0.2) is 4.31 Å². The molecule has 0 aromatic heterocycles. The average Bonchev–Trinajstić information content (AvgIpc) is 2.09. The Kier molecular flexibility index (Phi) is 6.90. The van der Waals surface area contributed by atoms with Gasteiger partial charge in [0.1, 0.15) is 0 Å². The number of nitrogens with one attached hydrogen (secondary N) is 1. The average molecular weight is 224 g/mol. The molecule has 0 bridgehead atoms. The second kappa shape index (κ2) is 7.05. The van der Waals surface area contributed by atoms with Crippen LogP contribution in [0, 0.1) is 0 Å². The third-order valence-electron chi connectivity index (χ3n) is 1.84. The molecule has 0 radical (unpaired) electrons. The van der Waals surface area contributed by atoms with E-state index in [9.17, 15) is 13.9 Å². The van der Waals surface area contributed by atoms with Crippen molar-refractivity contribution in [2.24, 2.45) is 0 Å². The van der Waals surface area contributed by atoms with E-state index in [1.54, 1.807) is 4.31 Å². The highest BCUT2D eigenvalue weighted by molar-refractivity contribution is 8.21. The van der Waals surface area contributed by atoms with Crippen LogP contribution in [0.3, 0.4) is 0 Å². The quantitative estimate of drug-likeness (QED) is 0.427. The Morgan fingerprint density at radius 1 is 1.43 bits per heavy atom. The van der Waals surface area contributed by atoms with Crippen molar-refractivity contribution in [2.75, 3.05) is 25.9 Å². The van der Waals surface area contributed by atoms with Crippen LogP contribution in [-0.4, -0.2) is 45.7 Å². The number of nitrogens with zero attached hydrogens (tertiary/aromatic N) is 1. The van der Waals surface area contributed by atoms with Crippen LogP contribution in [0.25, 0.3) is 0 Å². The molecule has 0 aliphatic rings. The number of unbranched alkanes of at least 4 members (excludes halogenated alkanes) is 1. The smallest absolute Gasteiger partial charge is 0.207 e. The van der Waals surface area contributed by atoms with E-state index in [0.717, 1.165) is 12.8 Å². The van der Waals surface area contributed by atoms with Crippen molar-refractivity contribution in [1.82, 2.24) is 9.62 Å². The Morgan fingerprint density at radius 2 is 2.07 bits per heavy atom.